The monoisotopic (exact) mass is 222 g/mol. The summed E-state index contributed by atoms with van der Waals surface area (Å²) < 4.78 is 5.26. The summed E-state index contributed by atoms with van der Waals surface area (Å²) in [5, 5.41) is 3.08. The number of hydrogen-bond donors (Lipinski definition) is 3. The van der Waals surface area contributed by atoms with Crippen molar-refractivity contribution in [2.75, 3.05) is 20.7 Å². The van der Waals surface area contributed by atoms with Crippen LogP contribution < -0.4 is 21.3 Å². The molecule has 0 spiro atoms. The minimum atomic E-state index is 0.579. The van der Waals surface area contributed by atoms with Crippen molar-refractivity contribution in [3.05, 3.63) is 29.8 Å². The van der Waals surface area contributed by atoms with Crippen LogP contribution in [0.25, 0.3) is 0 Å². The van der Waals surface area contributed by atoms with Gasteiger partial charge in [0, 0.05) is 13.6 Å². The van der Waals surface area contributed by atoms with Gasteiger partial charge in [0.25, 0.3) is 0 Å². The summed E-state index contributed by atoms with van der Waals surface area (Å²) in [5.74, 6) is 6.73. The molecule has 0 saturated heterocycles. The van der Waals surface area contributed by atoms with Crippen LogP contribution in [-0.2, 0) is 6.42 Å². The standard InChI is InChI=1S/C11H18N4O/c1-13-11(15-12)14-8-7-9-5-3-4-6-10(9)16-2/h3-6H,7-8,12H2,1-2H3,(H2,13,14,15). The Morgan fingerprint density at radius 2 is 2.19 bits per heavy atom. The number of benzene rings is 1. The van der Waals surface area contributed by atoms with E-state index >= 15 is 0 Å². The van der Waals surface area contributed by atoms with Crippen LogP contribution >= 0.6 is 0 Å². The number of nitrogens with zero attached hydrogens (tertiary/aromatic N) is 1. The van der Waals surface area contributed by atoms with Crippen LogP contribution in [0, 0.1) is 0 Å². The molecule has 0 saturated carbocycles. The van der Waals surface area contributed by atoms with Crippen LogP contribution in [0.15, 0.2) is 29.3 Å². The molecule has 0 atom stereocenters. The van der Waals surface area contributed by atoms with E-state index in [9.17, 15) is 0 Å². The number of aliphatic imine (C=N–C) groups is 1. The maximum atomic E-state index is 5.26. The molecule has 5 nitrogen and oxygen atoms in total. The van der Waals surface area contributed by atoms with E-state index in [4.69, 9.17) is 10.6 Å². The van der Waals surface area contributed by atoms with Gasteiger partial charge in [-0.1, -0.05) is 18.2 Å². The fourth-order valence-corrected chi connectivity index (χ4v) is 1.42. The Morgan fingerprint density at radius 1 is 1.44 bits per heavy atom. The number of guanidine groups is 1. The Labute approximate surface area is 95.7 Å². The van der Waals surface area contributed by atoms with Crippen LogP contribution in [0.4, 0.5) is 0 Å². The van der Waals surface area contributed by atoms with E-state index in [2.05, 4.69) is 15.7 Å². The Kier molecular flexibility index (Phi) is 5.15. The summed E-state index contributed by atoms with van der Waals surface area (Å²) in [7, 11) is 3.35. The Balaban J connectivity index is 2.48. The van der Waals surface area contributed by atoms with Crippen molar-refractivity contribution in [3.8, 4) is 5.75 Å². The first-order chi connectivity index (χ1) is 7.81. The number of ether oxygens (including phenoxy) is 1. The van der Waals surface area contributed by atoms with E-state index in [1.54, 1.807) is 14.2 Å². The van der Waals surface area contributed by atoms with Crippen molar-refractivity contribution in [2.24, 2.45) is 10.8 Å². The molecule has 1 aromatic carbocycles. The molecule has 0 aliphatic heterocycles. The molecule has 88 valence electrons. The minimum absolute atomic E-state index is 0.579. The largest absolute Gasteiger partial charge is 0.496 e. The first-order valence-corrected chi connectivity index (χ1v) is 5.11. The van der Waals surface area contributed by atoms with E-state index in [1.165, 1.54) is 0 Å². The highest BCUT2D eigenvalue weighted by atomic mass is 16.5. The average Bonchev–Trinajstić information content (AvgIpc) is 2.35. The summed E-state index contributed by atoms with van der Waals surface area (Å²) in [5.41, 5.74) is 3.63. The lowest BCUT2D eigenvalue weighted by Crippen LogP contribution is -2.42. The van der Waals surface area contributed by atoms with Crippen molar-refractivity contribution in [3.63, 3.8) is 0 Å². The average molecular weight is 222 g/mol. The summed E-state index contributed by atoms with van der Waals surface area (Å²) in [6.45, 7) is 0.747. The molecule has 0 aliphatic rings. The summed E-state index contributed by atoms with van der Waals surface area (Å²) in [4.78, 5) is 3.92. The highest BCUT2D eigenvalue weighted by Crippen LogP contribution is 2.16. The predicted octanol–water partition coefficient (Wildman–Crippen LogP) is 0.276. The normalized spacial score (nSPS) is 11.1. The van der Waals surface area contributed by atoms with Crippen LogP contribution in [0.2, 0.25) is 0 Å². The molecule has 0 aromatic heterocycles. The zero-order chi connectivity index (χ0) is 11.8. The third-order valence-electron chi connectivity index (χ3n) is 2.24. The smallest absolute Gasteiger partial charge is 0.205 e. The highest BCUT2D eigenvalue weighted by molar-refractivity contribution is 5.78. The van der Waals surface area contributed by atoms with Gasteiger partial charge in [-0.05, 0) is 18.1 Å². The van der Waals surface area contributed by atoms with Gasteiger partial charge in [-0.3, -0.25) is 10.4 Å². The number of para-hydroxylation sites is 1. The molecule has 1 aromatic rings. The molecule has 0 amide bonds. The maximum absolute atomic E-state index is 5.26. The lowest BCUT2D eigenvalue weighted by Gasteiger charge is -2.10. The van der Waals surface area contributed by atoms with Gasteiger partial charge in [-0.25, -0.2) is 5.84 Å². The molecule has 4 N–H and O–H groups in total. The summed E-state index contributed by atoms with van der Waals surface area (Å²) in [6, 6.07) is 7.94. The number of rotatable bonds is 4. The molecule has 5 heteroatoms. The Hall–Kier alpha value is -1.75. The number of hydrogen-bond acceptors (Lipinski definition) is 3. The first kappa shape index (κ1) is 12.3. The maximum Gasteiger partial charge on any atom is 0.205 e. The van der Waals surface area contributed by atoms with Crippen LogP contribution in [0.5, 0.6) is 5.75 Å². The molecule has 0 bridgehead atoms. The second-order valence-corrected chi connectivity index (χ2v) is 3.21. The molecule has 0 radical (unpaired) electrons. The van der Waals surface area contributed by atoms with Gasteiger partial charge in [0.1, 0.15) is 5.75 Å². The fraction of sp³-hybridized carbons (Fsp3) is 0.364. The number of nitrogens with two attached hydrogens (primary N) is 1. The van der Waals surface area contributed by atoms with Crippen molar-refractivity contribution < 1.29 is 4.74 Å². The quantitative estimate of drug-likeness (QED) is 0.296. The molecule has 16 heavy (non-hydrogen) atoms. The molecule has 0 heterocycles. The minimum Gasteiger partial charge on any atom is -0.496 e. The third-order valence-corrected chi connectivity index (χ3v) is 2.24. The zero-order valence-electron chi connectivity index (χ0n) is 9.66. The van der Waals surface area contributed by atoms with E-state index in [0.29, 0.717) is 5.96 Å². The molecule has 0 unspecified atom stereocenters. The van der Waals surface area contributed by atoms with Crippen molar-refractivity contribution in [2.45, 2.75) is 6.42 Å². The Bertz CT molecular complexity index is 352. The van der Waals surface area contributed by atoms with E-state index in [0.717, 1.165) is 24.3 Å². The van der Waals surface area contributed by atoms with Crippen molar-refractivity contribution in [1.82, 2.24) is 10.7 Å². The second-order valence-electron chi connectivity index (χ2n) is 3.21. The van der Waals surface area contributed by atoms with Crippen LogP contribution in [0.1, 0.15) is 5.56 Å². The van der Waals surface area contributed by atoms with Crippen LogP contribution in [-0.4, -0.2) is 26.7 Å². The molecular formula is C11H18N4O. The number of nitrogens with one attached hydrogen (secondary N) is 2. The van der Waals surface area contributed by atoms with E-state index < -0.39 is 0 Å². The van der Waals surface area contributed by atoms with E-state index in [1.807, 2.05) is 24.3 Å². The summed E-state index contributed by atoms with van der Waals surface area (Å²) in [6.07, 6.45) is 0.852. The van der Waals surface area contributed by atoms with Crippen molar-refractivity contribution >= 4 is 5.96 Å². The van der Waals surface area contributed by atoms with Crippen molar-refractivity contribution in [1.29, 1.82) is 0 Å². The lowest BCUT2D eigenvalue weighted by molar-refractivity contribution is 0.409. The number of hydrazine groups is 1. The first-order valence-electron chi connectivity index (χ1n) is 5.11. The van der Waals surface area contributed by atoms with Crippen LogP contribution in [0.3, 0.4) is 0 Å². The molecule has 0 aliphatic carbocycles. The van der Waals surface area contributed by atoms with Gasteiger partial charge >= 0.3 is 0 Å². The van der Waals surface area contributed by atoms with Gasteiger partial charge in [-0.2, -0.15) is 0 Å². The lowest BCUT2D eigenvalue weighted by atomic mass is 10.1. The zero-order valence-corrected chi connectivity index (χ0v) is 9.66. The van der Waals surface area contributed by atoms with E-state index in [-0.39, 0.29) is 0 Å². The predicted molar refractivity (Wildman–Crippen MR) is 65.4 cm³/mol. The third kappa shape index (κ3) is 3.43. The molecule has 0 fully saturated rings. The van der Waals surface area contributed by atoms with Gasteiger partial charge in [0.15, 0.2) is 0 Å². The molecule has 1 rings (SSSR count). The topological polar surface area (TPSA) is 71.7 Å². The van der Waals surface area contributed by atoms with Gasteiger partial charge in [0.05, 0.1) is 7.11 Å². The van der Waals surface area contributed by atoms with Gasteiger partial charge < -0.3 is 10.1 Å². The Morgan fingerprint density at radius 3 is 2.81 bits per heavy atom. The highest BCUT2D eigenvalue weighted by Gasteiger charge is 2.01. The number of methoxy groups -OCH3 is 1. The SMILES string of the molecule is CN=C(NN)NCCc1ccccc1OC. The van der Waals surface area contributed by atoms with Gasteiger partial charge in [0.2, 0.25) is 5.96 Å². The second kappa shape index (κ2) is 6.68. The fourth-order valence-electron chi connectivity index (χ4n) is 1.42. The summed E-state index contributed by atoms with van der Waals surface area (Å²) >= 11 is 0. The van der Waals surface area contributed by atoms with Gasteiger partial charge in [-0.15, -0.1) is 0 Å². The molecular weight excluding hydrogens is 204 g/mol.